The van der Waals surface area contributed by atoms with Crippen molar-refractivity contribution >= 4 is 5.69 Å². The first-order valence-electron chi connectivity index (χ1n) is 3.72. The Bertz CT molecular complexity index is 174. The molecule has 48 valence electrons. The van der Waals surface area contributed by atoms with E-state index in [1.807, 2.05) is 30.3 Å². The van der Waals surface area contributed by atoms with Gasteiger partial charge in [-0.2, -0.15) is 0 Å². The highest BCUT2D eigenvalue weighted by Gasteiger charge is 1.81. The summed E-state index contributed by atoms with van der Waals surface area (Å²) in [5.41, 5.74) is 1.09. The molecule has 0 unspecified atom stereocenters. The molecule has 0 aliphatic rings. The van der Waals surface area contributed by atoms with Crippen LogP contribution in [0.1, 0.15) is 8.27 Å². The minimum atomic E-state index is 0.425. The molecule has 0 spiro atoms. The Balaban J connectivity index is 2.43. The molecule has 0 aromatic heterocycles. The van der Waals surface area contributed by atoms with E-state index < -0.39 is 0 Å². The van der Waals surface area contributed by atoms with E-state index in [1.165, 1.54) is 0 Å². The highest BCUT2D eigenvalue weighted by molar-refractivity contribution is 5.41. The molecule has 1 heteroatoms. The molecule has 0 aliphatic heterocycles. The molecule has 0 saturated heterocycles. The van der Waals surface area contributed by atoms with Crippen molar-refractivity contribution in [2.75, 3.05) is 11.9 Å². The Hall–Kier alpha value is -0.980. The van der Waals surface area contributed by atoms with Gasteiger partial charge in [0.15, 0.2) is 0 Å². The fourth-order valence-corrected chi connectivity index (χ4v) is 0.700. The summed E-state index contributed by atoms with van der Waals surface area (Å²) in [7, 11) is 0. The Morgan fingerprint density at radius 1 is 1.44 bits per heavy atom. The molecule has 1 nitrogen and oxygen atoms in total. The highest BCUT2D eigenvalue weighted by Crippen LogP contribution is 2.02. The number of hydrogen-bond donors (Lipinski definition) is 1. The van der Waals surface area contributed by atoms with Gasteiger partial charge < -0.3 is 5.32 Å². The van der Waals surface area contributed by atoms with Crippen LogP contribution in [0.4, 0.5) is 5.69 Å². The average Bonchev–Trinajstić information content (AvgIpc) is 2.03. The number of benzene rings is 1. The lowest BCUT2D eigenvalue weighted by molar-refractivity contribution is 1.21. The van der Waals surface area contributed by atoms with Crippen LogP contribution in [0.3, 0.4) is 0 Å². The molecule has 0 fully saturated rings. The molecule has 1 rings (SSSR count). The van der Waals surface area contributed by atoms with E-state index >= 15 is 0 Å². The van der Waals surface area contributed by atoms with Crippen LogP contribution in [-0.2, 0) is 0 Å². The number of nitrogens with one attached hydrogen (secondary N) is 1. The molecule has 1 aromatic rings. The molecule has 0 saturated carbocycles. The van der Waals surface area contributed by atoms with Gasteiger partial charge >= 0.3 is 0 Å². The van der Waals surface area contributed by atoms with Crippen molar-refractivity contribution in [1.29, 1.82) is 0 Å². The van der Waals surface area contributed by atoms with Crippen LogP contribution in [0.5, 0.6) is 0 Å². The van der Waals surface area contributed by atoms with E-state index in [4.69, 9.17) is 1.37 Å². The minimum Gasteiger partial charge on any atom is -0.385 e. The molecule has 0 amide bonds. The zero-order valence-electron chi connectivity index (χ0n) is 6.30. The van der Waals surface area contributed by atoms with E-state index in [0.717, 1.165) is 12.2 Å². The largest absolute Gasteiger partial charge is 0.385 e. The predicted octanol–water partition coefficient (Wildman–Crippen LogP) is 2.12. The van der Waals surface area contributed by atoms with Crippen molar-refractivity contribution in [3.8, 4) is 0 Å². The fourth-order valence-electron chi connectivity index (χ4n) is 0.700. The Labute approximate surface area is 57.1 Å². The zero-order valence-corrected chi connectivity index (χ0v) is 5.30. The summed E-state index contributed by atoms with van der Waals surface area (Å²) in [5, 5.41) is 3.11. The third kappa shape index (κ3) is 1.76. The smallest absolute Gasteiger partial charge is 0.0340 e. The first kappa shape index (κ1) is 4.86. The lowest BCUT2D eigenvalue weighted by atomic mass is 10.3. The molecule has 0 bridgehead atoms. The molecule has 1 N–H and O–H groups in total. The van der Waals surface area contributed by atoms with Gasteiger partial charge in [0.05, 0.1) is 0 Å². The molecular weight excluding hydrogens is 110 g/mol. The van der Waals surface area contributed by atoms with E-state index in [2.05, 4.69) is 5.32 Å². The van der Waals surface area contributed by atoms with Gasteiger partial charge in [-0.15, -0.1) is 0 Å². The van der Waals surface area contributed by atoms with E-state index in [0.29, 0.717) is 6.90 Å². The Morgan fingerprint density at radius 3 is 2.89 bits per heavy atom. The van der Waals surface area contributed by atoms with Crippen LogP contribution in [-0.4, -0.2) is 6.54 Å². The second-order valence-electron chi connectivity index (χ2n) is 1.79. The fraction of sp³-hybridized carbons (Fsp3) is 0.250. The third-order valence-corrected chi connectivity index (χ3v) is 1.10. The van der Waals surface area contributed by atoms with Gasteiger partial charge in [0.1, 0.15) is 0 Å². The van der Waals surface area contributed by atoms with Gasteiger partial charge in [-0.25, -0.2) is 0 Å². The van der Waals surface area contributed by atoms with Crippen molar-refractivity contribution in [3.63, 3.8) is 0 Å². The maximum atomic E-state index is 6.89. The van der Waals surface area contributed by atoms with E-state index in [-0.39, 0.29) is 0 Å². The maximum absolute atomic E-state index is 6.89. The topological polar surface area (TPSA) is 12.0 Å². The van der Waals surface area contributed by atoms with Crippen molar-refractivity contribution in [2.24, 2.45) is 0 Å². The monoisotopic (exact) mass is 122 g/mol. The van der Waals surface area contributed by atoms with Gasteiger partial charge in [-0.05, 0) is 19.0 Å². The summed E-state index contributed by atoms with van der Waals surface area (Å²) in [4.78, 5) is 0. The summed E-state index contributed by atoms with van der Waals surface area (Å²) in [6.07, 6.45) is 0. The van der Waals surface area contributed by atoms with Crippen LogP contribution in [0.15, 0.2) is 30.3 Å². The minimum absolute atomic E-state index is 0.425. The van der Waals surface area contributed by atoms with Crippen LogP contribution < -0.4 is 5.32 Å². The number of hydrogen-bond acceptors (Lipinski definition) is 1. The van der Waals surface area contributed by atoms with Gasteiger partial charge in [-0.3, -0.25) is 0 Å². The molecule has 0 aliphatic carbocycles. The SMILES string of the molecule is [2H]CCNc1ccccc1. The molecule has 0 atom stereocenters. The normalized spacial score (nSPS) is 10.4. The van der Waals surface area contributed by atoms with E-state index in [9.17, 15) is 0 Å². The van der Waals surface area contributed by atoms with Crippen LogP contribution >= 0.6 is 0 Å². The summed E-state index contributed by atoms with van der Waals surface area (Å²) in [6.45, 7) is 1.15. The summed E-state index contributed by atoms with van der Waals surface area (Å²) >= 11 is 0. The standard InChI is InChI=1S/C8H11N/c1-2-9-8-6-4-3-5-7-8/h3-7,9H,2H2,1H3/i1D. The molecule has 9 heavy (non-hydrogen) atoms. The first-order valence-corrected chi connectivity index (χ1v) is 3.01. The van der Waals surface area contributed by atoms with Crippen molar-refractivity contribution in [2.45, 2.75) is 6.90 Å². The predicted molar refractivity (Wildman–Crippen MR) is 40.6 cm³/mol. The second kappa shape index (κ2) is 3.13. The van der Waals surface area contributed by atoms with Crippen LogP contribution in [0.25, 0.3) is 0 Å². The lowest BCUT2D eigenvalue weighted by Crippen LogP contribution is -1.94. The number of anilines is 1. The van der Waals surface area contributed by atoms with Gasteiger partial charge in [-0.1, -0.05) is 18.2 Å². The maximum Gasteiger partial charge on any atom is 0.0340 e. The zero-order chi connectivity index (χ0) is 7.23. The van der Waals surface area contributed by atoms with Crippen LogP contribution in [0.2, 0.25) is 0 Å². The van der Waals surface area contributed by atoms with Crippen molar-refractivity contribution < 1.29 is 1.37 Å². The molecule has 0 radical (unpaired) electrons. The number of para-hydroxylation sites is 1. The molecular formula is C8H11N. The quantitative estimate of drug-likeness (QED) is 0.633. The average molecular weight is 122 g/mol. The van der Waals surface area contributed by atoms with Crippen molar-refractivity contribution in [1.82, 2.24) is 0 Å². The Morgan fingerprint density at radius 2 is 2.22 bits per heavy atom. The second-order valence-corrected chi connectivity index (χ2v) is 1.79. The first-order chi connectivity index (χ1) is 4.93. The van der Waals surface area contributed by atoms with Gasteiger partial charge in [0.2, 0.25) is 0 Å². The third-order valence-electron chi connectivity index (χ3n) is 1.10. The van der Waals surface area contributed by atoms with Gasteiger partial charge in [0, 0.05) is 13.6 Å². The molecule has 0 heterocycles. The van der Waals surface area contributed by atoms with Gasteiger partial charge in [0.25, 0.3) is 0 Å². The summed E-state index contributed by atoms with van der Waals surface area (Å²) in [6, 6.07) is 9.93. The van der Waals surface area contributed by atoms with E-state index in [1.54, 1.807) is 0 Å². The molecule has 1 aromatic carbocycles. The summed E-state index contributed by atoms with van der Waals surface area (Å²) in [5.74, 6) is 0. The highest BCUT2D eigenvalue weighted by atomic mass is 14.8. The Kier molecular flexibility index (Phi) is 1.69. The summed E-state index contributed by atoms with van der Waals surface area (Å²) < 4.78 is 6.89. The number of rotatable bonds is 2. The lowest BCUT2D eigenvalue weighted by Gasteiger charge is -1.99. The van der Waals surface area contributed by atoms with Crippen molar-refractivity contribution in [3.05, 3.63) is 30.3 Å². The van der Waals surface area contributed by atoms with Crippen LogP contribution in [0, 0.1) is 0 Å².